The van der Waals surface area contributed by atoms with Crippen molar-refractivity contribution in [2.24, 2.45) is 0 Å². The fourth-order valence-electron chi connectivity index (χ4n) is 1.90. The quantitative estimate of drug-likeness (QED) is 0.708. The number of carbonyl (C=O) groups is 2. The van der Waals surface area contributed by atoms with E-state index in [1.54, 1.807) is 11.8 Å². The van der Waals surface area contributed by atoms with Crippen LogP contribution in [0.2, 0.25) is 0 Å². The van der Waals surface area contributed by atoms with Gasteiger partial charge in [-0.1, -0.05) is 6.42 Å². The molecule has 1 heterocycles. The van der Waals surface area contributed by atoms with E-state index in [0.29, 0.717) is 6.54 Å². The highest BCUT2D eigenvalue weighted by atomic mass is 32.2. The van der Waals surface area contributed by atoms with Crippen molar-refractivity contribution >= 4 is 23.7 Å². The van der Waals surface area contributed by atoms with Crippen molar-refractivity contribution in [3.05, 3.63) is 0 Å². The summed E-state index contributed by atoms with van der Waals surface area (Å²) in [5.41, 5.74) is 0. The number of carbonyl (C=O) groups excluding carboxylic acids is 2. The Morgan fingerprint density at radius 3 is 2.57 bits per heavy atom. The first-order chi connectivity index (χ1) is 6.67. The molecule has 0 aromatic rings. The van der Waals surface area contributed by atoms with E-state index in [1.165, 1.54) is 11.3 Å². The van der Waals surface area contributed by atoms with Crippen LogP contribution < -0.4 is 5.32 Å². The summed E-state index contributed by atoms with van der Waals surface area (Å²) in [6, 6.07) is -0.227. The van der Waals surface area contributed by atoms with Crippen molar-refractivity contribution in [1.82, 2.24) is 10.2 Å². The second-order valence-electron chi connectivity index (χ2n) is 3.88. The summed E-state index contributed by atoms with van der Waals surface area (Å²) in [7, 11) is 0. The molecule has 1 N–H and O–H groups in total. The maximum atomic E-state index is 11.4. The Morgan fingerprint density at radius 2 is 2.21 bits per heavy atom. The van der Waals surface area contributed by atoms with Gasteiger partial charge in [0.25, 0.3) is 0 Å². The second-order valence-corrected chi connectivity index (χ2v) is 5.15. The molecule has 0 spiro atoms. The molecule has 2 aliphatic rings. The number of nitrogens with one attached hydrogen (secondary N) is 1. The molecule has 5 heteroatoms. The van der Waals surface area contributed by atoms with Gasteiger partial charge in [0, 0.05) is 11.3 Å². The Morgan fingerprint density at radius 1 is 1.50 bits per heavy atom. The van der Waals surface area contributed by atoms with E-state index in [2.05, 4.69) is 11.6 Å². The molecule has 0 radical (unpaired) electrons. The minimum Gasteiger partial charge on any atom is -0.329 e. The van der Waals surface area contributed by atoms with E-state index in [0.717, 1.165) is 12.8 Å². The van der Waals surface area contributed by atoms with E-state index >= 15 is 0 Å². The lowest BCUT2D eigenvalue weighted by molar-refractivity contribution is -0.125. The van der Waals surface area contributed by atoms with Crippen molar-refractivity contribution in [2.75, 3.05) is 19.3 Å². The molecule has 0 atom stereocenters. The molecule has 2 rings (SSSR count). The normalized spacial score (nSPS) is 24.8. The summed E-state index contributed by atoms with van der Waals surface area (Å²) in [5.74, 6) is -0.0877. The van der Waals surface area contributed by atoms with Crippen LogP contribution in [-0.2, 0) is 4.79 Å². The number of rotatable bonds is 3. The highest BCUT2D eigenvalue weighted by Gasteiger charge is 2.42. The summed E-state index contributed by atoms with van der Waals surface area (Å²) < 4.78 is 0.150. The number of thioether (sulfide) groups is 1. The molecule has 1 saturated heterocycles. The lowest BCUT2D eigenvalue weighted by atomic mass is 9.84. The van der Waals surface area contributed by atoms with Crippen LogP contribution in [0.5, 0.6) is 0 Å². The first-order valence-electron chi connectivity index (χ1n) is 4.80. The summed E-state index contributed by atoms with van der Waals surface area (Å²) in [6.45, 7) is 0.752. The fourth-order valence-corrected chi connectivity index (χ4v) is 2.86. The van der Waals surface area contributed by atoms with Crippen LogP contribution in [0.15, 0.2) is 0 Å². The van der Waals surface area contributed by atoms with Gasteiger partial charge in [0.2, 0.25) is 5.91 Å². The summed E-state index contributed by atoms with van der Waals surface area (Å²) in [4.78, 5) is 24.0. The van der Waals surface area contributed by atoms with E-state index in [9.17, 15) is 9.59 Å². The summed E-state index contributed by atoms with van der Waals surface area (Å²) >= 11 is 1.78. The second kappa shape index (κ2) is 3.46. The smallest absolute Gasteiger partial charge is 0.324 e. The lowest BCUT2D eigenvalue weighted by Crippen LogP contribution is -2.47. The van der Waals surface area contributed by atoms with E-state index in [4.69, 9.17) is 0 Å². The molecule has 0 aromatic carbocycles. The number of nitrogens with zero attached hydrogens (tertiary/aromatic N) is 1. The zero-order valence-corrected chi connectivity index (χ0v) is 9.02. The van der Waals surface area contributed by atoms with Crippen molar-refractivity contribution in [1.29, 1.82) is 0 Å². The Hall–Kier alpha value is -0.710. The van der Waals surface area contributed by atoms with Gasteiger partial charge in [-0.2, -0.15) is 11.8 Å². The van der Waals surface area contributed by atoms with Crippen molar-refractivity contribution in [3.8, 4) is 0 Å². The molecule has 0 unspecified atom stereocenters. The third-order valence-corrected chi connectivity index (χ3v) is 4.48. The van der Waals surface area contributed by atoms with E-state index in [-0.39, 0.29) is 23.2 Å². The van der Waals surface area contributed by atoms with Gasteiger partial charge < -0.3 is 5.32 Å². The Kier molecular flexibility index (Phi) is 2.43. The number of hydrogen-bond donors (Lipinski definition) is 1. The maximum absolute atomic E-state index is 11.4. The zero-order chi connectivity index (χ0) is 10.2. The third-order valence-electron chi connectivity index (χ3n) is 3.08. The predicted octanol–water partition coefficient (Wildman–Crippen LogP) is 0.824. The third kappa shape index (κ3) is 1.49. The van der Waals surface area contributed by atoms with Crippen molar-refractivity contribution in [2.45, 2.75) is 24.0 Å². The van der Waals surface area contributed by atoms with Gasteiger partial charge >= 0.3 is 6.03 Å². The molecule has 78 valence electrons. The number of imide groups is 1. The van der Waals surface area contributed by atoms with E-state index < -0.39 is 0 Å². The molecule has 1 aliphatic heterocycles. The molecule has 2 fully saturated rings. The Labute approximate surface area is 87.4 Å². The highest BCUT2D eigenvalue weighted by molar-refractivity contribution is 8.00. The Bertz CT molecular complexity index is 254. The molecular formula is C9H14N2O2S. The van der Waals surface area contributed by atoms with Gasteiger partial charge in [0.15, 0.2) is 0 Å². The summed E-state index contributed by atoms with van der Waals surface area (Å²) in [5, 5.41) is 2.54. The van der Waals surface area contributed by atoms with Crippen LogP contribution in [-0.4, -0.2) is 40.9 Å². The van der Waals surface area contributed by atoms with Crippen LogP contribution >= 0.6 is 11.8 Å². The van der Waals surface area contributed by atoms with Gasteiger partial charge in [0.05, 0.1) is 6.54 Å². The van der Waals surface area contributed by atoms with Gasteiger partial charge in [-0.25, -0.2) is 4.79 Å². The fraction of sp³-hybridized carbons (Fsp3) is 0.778. The van der Waals surface area contributed by atoms with Crippen LogP contribution in [0.3, 0.4) is 0 Å². The van der Waals surface area contributed by atoms with Crippen LogP contribution in [0.25, 0.3) is 0 Å². The molecule has 4 nitrogen and oxygen atoms in total. The number of amides is 3. The van der Waals surface area contributed by atoms with Crippen molar-refractivity contribution < 1.29 is 9.59 Å². The molecule has 0 bridgehead atoms. The molecular weight excluding hydrogens is 200 g/mol. The predicted molar refractivity (Wildman–Crippen MR) is 55.2 cm³/mol. The lowest BCUT2D eigenvalue weighted by Gasteiger charge is -2.42. The first-order valence-corrected chi connectivity index (χ1v) is 6.03. The van der Waals surface area contributed by atoms with Gasteiger partial charge in [-0.05, 0) is 19.1 Å². The highest BCUT2D eigenvalue weighted by Crippen LogP contribution is 2.43. The van der Waals surface area contributed by atoms with Crippen LogP contribution in [0, 0.1) is 0 Å². The topological polar surface area (TPSA) is 49.4 Å². The minimum absolute atomic E-state index is 0.0877. The van der Waals surface area contributed by atoms with Crippen LogP contribution in [0.1, 0.15) is 19.3 Å². The standard InChI is InChI=1S/C9H14N2O2S/c1-14-9(3-2-4-9)6-11-7(12)5-10-8(11)13/h2-6H2,1H3,(H,10,13). The molecule has 1 saturated carbocycles. The van der Waals surface area contributed by atoms with Gasteiger partial charge in [0.1, 0.15) is 0 Å². The molecule has 14 heavy (non-hydrogen) atoms. The molecule has 0 aromatic heterocycles. The largest absolute Gasteiger partial charge is 0.329 e. The minimum atomic E-state index is -0.227. The summed E-state index contributed by atoms with van der Waals surface area (Å²) in [6.07, 6.45) is 5.50. The van der Waals surface area contributed by atoms with Gasteiger partial charge in [-0.15, -0.1) is 0 Å². The zero-order valence-electron chi connectivity index (χ0n) is 8.21. The van der Waals surface area contributed by atoms with E-state index in [1.807, 2.05) is 0 Å². The Balaban J connectivity index is 2.02. The van der Waals surface area contributed by atoms with Crippen molar-refractivity contribution in [3.63, 3.8) is 0 Å². The average Bonchev–Trinajstić information content (AvgIpc) is 2.41. The number of hydrogen-bond acceptors (Lipinski definition) is 3. The molecule has 3 amide bonds. The van der Waals surface area contributed by atoms with Crippen LogP contribution in [0.4, 0.5) is 4.79 Å². The first kappa shape index (κ1) is 9.83. The monoisotopic (exact) mass is 214 g/mol. The number of urea groups is 1. The average molecular weight is 214 g/mol. The maximum Gasteiger partial charge on any atom is 0.324 e. The van der Waals surface area contributed by atoms with Gasteiger partial charge in [-0.3, -0.25) is 9.69 Å². The molecule has 1 aliphatic carbocycles. The SMILES string of the molecule is CSC1(CN2C(=O)CNC2=O)CCC1.